The Morgan fingerprint density at radius 3 is 2.79 bits per heavy atom. The highest BCUT2D eigenvalue weighted by Gasteiger charge is 2.26. The Balaban J connectivity index is 1.76. The molecule has 0 aliphatic carbocycles. The fourth-order valence-electron chi connectivity index (χ4n) is 2.09. The monoisotopic (exact) mass is 214 g/mol. The first kappa shape index (κ1) is 10.8. The molecule has 2 aliphatic rings. The van der Waals surface area contributed by atoms with Crippen molar-refractivity contribution in [3.8, 4) is 0 Å². The molecule has 0 bridgehead atoms. The first-order valence-electron chi connectivity index (χ1n) is 5.73. The lowest BCUT2D eigenvalue weighted by molar-refractivity contribution is 0.199. The number of hydrogen-bond acceptors (Lipinski definition) is 3. The number of thioether (sulfide) groups is 1. The van der Waals surface area contributed by atoms with E-state index in [4.69, 9.17) is 0 Å². The first-order chi connectivity index (χ1) is 6.66. The third kappa shape index (κ3) is 2.88. The Bertz CT molecular complexity index is 190. The standard InChI is InChI=1S/C11H22N2S/c1-11(2)3-4-13(5-6-14-11)9-10-7-12-8-10/h10,12H,3-9H2,1-2H3. The maximum Gasteiger partial charge on any atom is 0.0116 e. The molecule has 0 unspecified atom stereocenters. The van der Waals surface area contributed by atoms with Gasteiger partial charge < -0.3 is 10.2 Å². The molecule has 3 heteroatoms. The molecule has 82 valence electrons. The molecule has 0 amide bonds. The van der Waals surface area contributed by atoms with Crippen molar-refractivity contribution in [3.63, 3.8) is 0 Å². The number of rotatable bonds is 2. The smallest absolute Gasteiger partial charge is 0.0116 e. The Morgan fingerprint density at radius 1 is 1.36 bits per heavy atom. The molecule has 0 aromatic rings. The second kappa shape index (κ2) is 4.42. The van der Waals surface area contributed by atoms with Crippen LogP contribution >= 0.6 is 11.8 Å². The molecule has 2 aliphatic heterocycles. The number of hydrogen-bond donors (Lipinski definition) is 1. The van der Waals surface area contributed by atoms with E-state index in [1.54, 1.807) is 0 Å². The van der Waals surface area contributed by atoms with Gasteiger partial charge in [-0.15, -0.1) is 0 Å². The highest BCUT2D eigenvalue weighted by molar-refractivity contribution is 8.00. The van der Waals surface area contributed by atoms with Crippen molar-refractivity contribution in [1.29, 1.82) is 0 Å². The third-order valence-electron chi connectivity index (χ3n) is 3.31. The van der Waals surface area contributed by atoms with Gasteiger partial charge in [0.25, 0.3) is 0 Å². The minimum absolute atomic E-state index is 0.507. The van der Waals surface area contributed by atoms with Crippen molar-refractivity contribution < 1.29 is 0 Å². The van der Waals surface area contributed by atoms with Crippen molar-refractivity contribution in [2.24, 2.45) is 5.92 Å². The lowest BCUT2D eigenvalue weighted by Crippen LogP contribution is -2.48. The van der Waals surface area contributed by atoms with Crippen LogP contribution in [-0.4, -0.2) is 48.1 Å². The lowest BCUT2D eigenvalue weighted by Gasteiger charge is -2.32. The molecule has 2 nitrogen and oxygen atoms in total. The second-order valence-electron chi connectivity index (χ2n) is 5.18. The van der Waals surface area contributed by atoms with Gasteiger partial charge >= 0.3 is 0 Å². The van der Waals surface area contributed by atoms with E-state index in [0.717, 1.165) is 5.92 Å². The minimum Gasteiger partial charge on any atom is -0.316 e. The van der Waals surface area contributed by atoms with Crippen molar-refractivity contribution >= 4 is 11.8 Å². The van der Waals surface area contributed by atoms with Gasteiger partial charge in [-0.05, 0) is 18.9 Å². The Labute approximate surface area is 91.8 Å². The molecule has 0 spiro atoms. The van der Waals surface area contributed by atoms with Gasteiger partial charge in [0.05, 0.1) is 0 Å². The van der Waals surface area contributed by atoms with E-state index >= 15 is 0 Å². The second-order valence-corrected chi connectivity index (χ2v) is 6.99. The van der Waals surface area contributed by atoms with E-state index in [1.807, 2.05) is 0 Å². The molecule has 2 fully saturated rings. The fourth-order valence-corrected chi connectivity index (χ4v) is 3.23. The summed E-state index contributed by atoms with van der Waals surface area (Å²) in [6.07, 6.45) is 1.35. The topological polar surface area (TPSA) is 15.3 Å². The molecule has 0 aromatic heterocycles. The van der Waals surface area contributed by atoms with Crippen LogP contribution < -0.4 is 5.32 Å². The normalized spacial score (nSPS) is 29.6. The molecule has 0 atom stereocenters. The van der Waals surface area contributed by atoms with Crippen LogP contribution in [0.5, 0.6) is 0 Å². The summed E-state index contributed by atoms with van der Waals surface area (Å²) in [5, 5.41) is 3.35. The average Bonchev–Trinajstić information content (AvgIpc) is 2.20. The zero-order valence-electron chi connectivity index (χ0n) is 9.38. The highest BCUT2D eigenvalue weighted by Crippen LogP contribution is 2.30. The largest absolute Gasteiger partial charge is 0.316 e. The Hall–Kier alpha value is 0.270. The van der Waals surface area contributed by atoms with Gasteiger partial charge in [-0.3, -0.25) is 0 Å². The predicted octanol–water partition coefficient (Wildman–Crippen LogP) is 1.42. The predicted molar refractivity (Wildman–Crippen MR) is 64.0 cm³/mol. The summed E-state index contributed by atoms with van der Waals surface area (Å²) < 4.78 is 0.507. The van der Waals surface area contributed by atoms with Crippen LogP contribution in [-0.2, 0) is 0 Å². The van der Waals surface area contributed by atoms with E-state index in [9.17, 15) is 0 Å². The van der Waals surface area contributed by atoms with Crippen LogP contribution in [0.4, 0.5) is 0 Å². The van der Waals surface area contributed by atoms with Crippen LogP contribution in [0.15, 0.2) is 0 Å². The van der Waals surface area contributed by atoms with E-state index in [2.05, 4.69) is 35.8 Å². The fraction of sp³-hybridized carbons (Fsp3) is 1.00. The summed E-state index contributed by atoms with van der Waals surface area (Å²) in [5.74, 6) is 2.24. The molecule has 0 saturated carbocycles. The molecular formula is C11H22N2S. The molecule has 0 radical (unpaired) electrons. The summed E-state index contributed by atoms with van der Waals surface area (Å²) in [6.45, 7) is 11.2. The van der Waals surface area contributed by atoms with Crippen molar-refractivity contribution in [2.45, 2.75) is 25.0 Å². The highest BCUT2D eigenvalue weighted by atomic mass is 32.2. The van der Waals surface area contributed by atoms with E-state index in [-0.39, 0.29) is 0 Å². The van der Waals surface area contributed by atoms with Crippen LogP contribution in [0.3, 0.4) is 0 Å². The zero-order chi connectivity index (χ0) is 10.0. The first-order valence-corrected chi connectivity index (χ1v) is 6.71. The summed E-state index contributed by atoms with van der Waals surface area (Å²) in [5.41, 5.74) is 0. The molecule has 2 rings (SSSR count). The Kier molecular flexibility index (Phi) is 3.40. The lowest BCUT2D eigenvalue weighted by atomic mass is 10.0. The molecular weight excluding hydrogens is 192 g/mol. The van der Waals surface area contributed by atoms with Gasteiger partial charge in [-0.1, -0.05) is 13.8 Å². The van der Waals surface area contributed by atoms with Crippen LogP contribution in [0.25, 0.3) is 0 Å². The average molecular weight is 214 g/mol. The maximum atomic E-state index is 3.35. The molecule has 2 heterocycles. The molecule has 14 heavy (non-hydrogen) atoms. The van der Waals surface area contributed by atoms with E-state index in [0.29, 0.717) is 4.75 Å². The minimum atomic E-state index is 0.507. The van der Waals surface area contributed by atoms with Crippen molar-refractivity contribution in [3.05, 3.63) is 0 Å². The van der Waals surface area contributed by atoms with Gasteiger partial charge in [-0.25, -0.2) is 0 Å². The summed E-state index contributed by atoms with van der Waals surface area (Å²) in [6, 6.07) is 0. The summed E-state index contributed by atoms with van der Waals surface area (Å²) in [7, 11) is 0. The third-order valence-corrected chi connectivity index (χ3v) is 4.69. The Morgan fingerprint density at radius 2 is 2.14 bits per heavy atom. The van der Waals surface area contributed by atoms with Gasteiger partial charge in [0.1, 0.15) is 0 Å². The molecule has 2 saturated heterocycles. The molecule has 1 N–H and O–H groups in total. The molecule has 0 aromatic carbocycles. The quantitative estimate of drug-likeness (QED) is 0.748. The van der Waals surface area contributed by atoms with Gasteiger partial charge in [0, 0.05) is 36.7 Å². The van der Waals surface area contributed by atoms with Gasteiger partial charge in [0.2, 0.25) is 0 Å². The van der Waals surface area contributed by atoms with Crippen molar-refractivity contribution in [1.82, 2.24) is 10.2 Å². The van der Waals surface area contributed by atoms with E-state index < -0.39 is 0 Å². The number of nitrogens with zero attached hydrogens (tertiary/aromatic N) is 1. The van der Waals surface area contributed by atoms with Crippen LogP contribution in [0.2, 0.25) is 0 Å². The van der Waals surface area contributed by atoms with E-state index in [1.165, 1.54) is 44.9 Å². The van der Waals surface area contributed by atoms with Gasteiger partial charge in [-0.2, -0.15) is 11.8 Å². The van der Waals surface area contributed by atoms with Crippen LogP contribution in [0.1, 0.15) is 20.3 Å². The zero-order valence-corrected chi connectivity index (χ0v) is 10.2. The number of nitrogens with one attached hydrogen (secondary N) is 1. The SMILES string of the molecule is CC1(C)CCN(CC2CNC2)CCS1. The summed E-state index contributed by atoms with van der Waals surface area (Å²) in [4.78, 5) is 2.66. The maximum absolute atomic E-state index is 3.35. The van der Waals surface area contributed by atoms with Crippen molar-refractivity contribution in [2.75, 3.05) is 38.5 Å². The van der Waals surface area contributed by atoms with Gasteiger partial charge in [0.15, 0.2) is 0 Å². The summed E-state index contributed by atoms with van der Waals surface area (Å²) >= 11 is 2.14. The van der Waals surface area contributed by atoms with Crippen LogP contribution in [0, 0.1) is 5.92 Å².